The van der Waals surface area contributed by atoms with E-state index in [2.05, 4.69) is 0 Å². The fraction of sp³-hybridized carbons (Fsp3) is 0.462. The Morgan fingerprint density at radius 1 is 1.33 bits per heavy atom. The number of sulfone groups is 1. The zero-order chi connectivity index (χ0) is 15.6. The first-order valence-corrected chi connectivity index (χ1v) is 8.20. The van der Waals surface area contributed by atoms with Crippen LogP contribution in [0.4, 0.5) is 0 Å². The van der Waals surface area contributed by atoms with Crippen molar-refractivity contribution in [1.82, 2.24) is 4.90 Å². The first-order chi connectivity index (χ1) is 9.79. The van der Waals surface area contributed by atoms with E-state index in [0.717, 1.165) is 0 Å². The minimum atomic E-state index is -3.50. The predicted molar refractivity (Wildman–Crippen MR) is 78.0 cm³/mol. The summed E-state index contributed by atoms with van der Waals surface area (Å²) in [5.41, 5.74) is 5.72. The molecule has 0 aromatic heterocycles. The molecule has 21 heavy (non-hydrogen) atoms. The molecule has 1 aromatic carbocycles. The number of aliphatic hydroxyl groups is 2. The number of nitrogens with two attached hydrogens (primary N) is 1. The van der Waals surface area contributed by atoms with E-state index in [1.165, 1.54) is 12.1 Å². The van der Waals surface area contributed by atoms with Crippen LogP contribution in [0.5, 0.6) is 0 Å². The second kappa shape index (κ2) is 6.10. The van der Waals surface area contributed by atoms with E-state index in [4.69, 9.17) is 11.1 Å². The highest BCUT2D eigenvalue weighted by molar-refractivity contribution is 7.91. The fourth-order valence-electron chi connectivity index (χ4n) is 2.25. The van der Waals surface area contributed by atoms with E-state index in [1.54, 1.807) is 17.0 Å². The summed E-state index contributed by atoms with van der Waals surface area (Å²) in [6.45, 7) is 0.773. The van der Waals surface area contributed by atoms with Crippen LogP contribution < -0.4 is 5.73 Å². The number of nitrogens with zero attached hydrogens (tertiary/aromatic N) is 1. The molecular formula is C13H19N3O4S. The molecule has 1 aliphatic heterocycles. The molecule has 2 atom stereocenters. The molecule has 5 N–H and O–H groups in total. The molecule has 0 aliphatic carbocycles. The molecule has 1 heterocycles. The van der Waals surface area contributed by atoms with Gasteiger partial charge in [-0.1, -0.05) is 12.1 Å². The number of rotatable bonds is 5. The lowest BCUT2D eigenvalue weighted by Gasteiger charge is -2.14. The van der Waals surface area contributed by atoms with Crippen LogP contribution in [-0.2, 0) is 9.84 Å². The summed E-state index contributed by atoms with van der Waals surface area (Å²) >= 11 is 0. The van der Waals surface area contributed by atoms with E-state index in [0.29, 0.717) is 5.56 Å². The van der Waals surface area contributed by atoms with Gasteiger partial charge in [-0.3, -0.25) is 10.3 Å². The average molecular weight is 313 g/mol. The summed E-state index contributed by atoms with van der Waals surface area (Å²) in [6.07, 6.45) is -1.65. The Hall–Kier alpha value is -1.48. The quantitative estimate of drug-likeness (QED) is 0.398. The normalized spacial score (nSPS) is 23.3. The third kappa shape index (κ3) is 3.79. The monoisotopic (exact) mass is 313 g/mol. The van der Waals surface area contributed by atoms with Gasteiger partial charge in [0.15, 0.2) is 9.84 Å². The molecule has 116 valence electrons. The number of nitrogen functional groups attached to an aromatic ring is 1. The summed E-state index contributed by atoms with van der Waals surface area (Å²) in [7, 11) is -3.50. The van der Waals surface area contributed by atoms with Crippen LogP contribution in [0.2, 0.25) is 0 Å². The molecule has 0 spiro atoms. The maximum absolute atomic E-state index is 12.3. The smallest absolute Gasteiger partial charge is 0.179 e. The highest BCUT2D eigenvalue weighted by Gasteiger charge is 2.30. The van der Waals surface area contributed by atoms with Crippen LogP contribution in [0.3, 0.4) is 0 Å². The highest BCUT2D eigenvalue weighted by atomic mass is 32.2. The molecule has 1 aliphatic rings. The molecule has 0 amide bonds. The Morgan fingerprint density at radius 2 is 1.95 bits per heavy atom. The van der Waals surface area contributed by atoms with Gasteiger partial charge in [0.05, 0.1) is 22.9 Å². The van der Waals surface area contributed by atoms with Gasteiger partial charge in [0, 0.05) is 25.2 Å². The van der Waals surface area contributed by atoms with Gasteiger partial charge in [0.2, 0.25) is 0 Å². The predicted octanol–water partition coefficient (Wildman–Crippen LogP) is -1.22. The van der Waals surface area contributed by atoms with Crippen LogP contribution in [0.1, 0.15) is 5.56 Å². The van der Waals surface area contributed by atoms with Crippen molar-refractivity contribution < 1.29 is 18.6 Å². The van der Waals surface area contributed by atoms with Crippen molar-refractivity contribution in [3.63, 3.8) is 0 Å². The standard InChI is InChI=1S/C13H19N3O4S/c14-13(15)9-2-1-3-10(6-9)21(19,20)5-4-16-7-11(17)12(18)8-16/h1-3,6,11-12,17-18H,4-5,7-8H2,(H3,14,15). The number of hydrogen-bond acceptors (Lipinski definition) is 6. The summed E-state index contributed by atoms with van der Waals surface area (Å²) in [5, 5.41) is 26.2. The van der Waals surface area contributed by atoms with Crippen molar-refractivity contribution in [2.75, 3.05) is 25.4 Å². The molecule has 0 bridgehead atoms. The Morgan fingerprint density at radius 3 is 2.52 bits per heavy atom. The number of nitrogens with one attached hydrogen (secondary N) is 1. The molecule has 0 radical (unpaired) electrons. The van der Waals surface area contributed by atoms with Crippen molar-refractivity contribution in [3.05, 3.63) is 29.8 Å². The Bertz CT molecular complexity index is 622. The topological polar surface area (TPSA) is 128 Å². The van der Waals surface area contributed by atoms with E-state index < -0.39 is 22.0 Å². The second-order valence-electron chi connectivity index (χ2n) is 5.15. The van der Waals surface area contributed by atoms with Gasteiger partial charge < -0.3 is 15.9 Å². The van der Waals surface area contributed by atoms with E-state index in [-0.39, 0.29) is 36.1 Å². The summed E-state index contributed by atoms with van der Waals surface area (Å²) < 4.78 is 24.5. The van der Waals surface area contributed by atoms with Gasteiger partial charge >= 0.3 is 0 Å². The summed E-state index contributed by atoms with van der Waals surface area (Å²) in [5.74, 6) is -0.300. The molecule has 8 heteroatoms. The minimum Gasteiger partial charge on any atom is -0.389 e. The first kappa shape index (κ1) is 15.9. The number of benzene rings is 1. The van der Waals surface area contributed by atoms with Gasteiger partial charge in [0.1, 0.15) is 5.84 Å². The van der Waals surface area contributed by atoms with Crippen molar-refractivity contribution in [2.45, 2.75) is 17.1 Å². The lowest BCUT2D eigenvalue weighted by molar-refractivity contribution is 0.0572. The number of hydrogen-bond donors (Lipinski definition) is 4. The van der Waals surface area contributed by atoms with Crippen LogP contribution in [0, 0.1) is 5.41 Å². The molecule has 1 saturated heterocycles. The third-order valence-electron chi connectivity index (χ3n) is 3.52. The number of aliphatic hydroxyl groups excluding tert-OH is 2. The van der Waals surface area contributed by atoms with Crippen molar-refractivity contribution in [2.24, 2.45) is 5.73 Å². The first-order valence-electron chi connectivity index (χ1n) is 6.55. The van der Waals surface area contributed by atoms with Gasteiger partial charge in [-0.15, -0.1) is 0 Å². The van der Waals surface area contributed by atoms with Crippen molar-refractivity contribution in [3.8, 4) is 0 Å². The Balaban J connectivity index is 2.05. The molecular weight excluding hydrogens is 294 g/mol. The third-order valence-corrected chi connectivity index (χ3v) is 5.21. The van der Waals surface area contributed by atoms with Gasteiger partial charge in [-0.2, -0.15) is 0 Å². The largest absolute Gasteiger partial charge is 0.389 e. The summed E-state index contributed by atoms with van der Waals surface area (Å²) in [6, 6.07) is 5.97. The Labute approximate surface area is 123 Å². The lowest BCUT2D eigenvalue weighted by Crippen LogP contribution is -2.28. The van der Waals surface area contributed by atoms with Gasteiger partial charge in [0.25, 0.3) is 0 Å². The van der Waals surface area contributed by atoms with E-state index >= 15 is 0 Å². The fourth-order valence-corrected chi connectivity index (χ4v) is 3.58. The lowest BCUT2D eigenvalue weighted by atomic mass is 10.2. The van der Waals surface area contributed by atoms with Crippen LogP contribution in [0.25, 0.3) is 0 Å². The van der Waals surface area contributed by atoms with E-state index in [1.807, 2.05) is 0 Å². The number of likely N-dealkylation sites (tertiary alicyclic amines) is 1. The van der Waals surface area contributed by atoms with Crippen molar-refractivity contribution in [1.29, 1.82) is 5.41 Å². The van der Waals surface area contributed by atoms with E-state index in [9.17, 15) is 18.6 Å². The highest BCUT2D eigenvalue weighted by Crippen LogP contribution is 2.15. The molecule has 2 unspecified atom stereocenters. The Kier molecular flexibility index (Phi) is 4.62. The molecule has 2 rings (SSSR count). The van der Waals surface area contributed by atoms with Gasteiger partial charge in [-0.25, -0.2) is 8.42 Å². The zero-order valence-corrected chi connectivity index (χ0v) is 12.3. The van der Waals surface area contributed by atoms with Gasteiger partial charge in [-0.05, 0) is 12.1 Å². The molecule has 0 saturated carbocycles. The number of amidine groups is 1. The SMILES string of the molecule is N=C(N)c1cccc(S(=O)(=O)CCN2CC(O)C(O)C2)c1. The van der Waals surface area contributed by atoms with Crippen LogP contribution in [-0.4, -0.2) is 67.0 Å². The minimum absolute atomic E-state index is 0.117. The molecule has 1 aromatic rings. The van der Waals surface area contributed by atoms with Crippen LogP contribution >= 0.6 is 0 Å². The van der Waals surface area contributed by atoms with Crippen LogP contribution in [0.15, 0.2) is 29.2 Å². The zero-order valence-electron chi connectivity index (χ0n) is 11.4. The maximum atomic E-state index is 12.3. The second-order valence-corrected chi connectivity index (χ2v) is 7.26. The maximum Gasteiger partial charge on any atom is 0.179 e. The molecule has 1 fully saturated rings. The molecule has 7 nitrogen and oxygen atoms in total. The van der Waals surface area contributed by atoms with Crippen molar-refractivity contribution >= 4 is 15.7 Å². The number of β-amino-alcohol motifs (C(OH)–C–C–N with tert-alkyl or cyclic N) is 2. The summed E-state index contributed by atoms with van der Waals surface area (Å²) in [4.78, 5) is 1.83. The average Bonchev–Trinajstić information content (AvgIpc) is 2.76.